The van der Waals surface area contributed by atoms with Gasteiger partial charge in [-0.2, -0.15) is 4.72 Å². The number of carbonyl (C=O) groups excluding carboxylic acids is 1. The van der Waals surface area contributed by atoms with E-state index in [1.165, 1.54) is 26.0 Å². The van der Waals surface area contributed by atoms with Crippen molar-refractivity contribution in [1.82, 2.24) is 4.72 Å². The van der Waals surface area contributed by atoms with Gasteiger partial charge in [-0.15, -0.1) is 0 Å². The van der Waals surface area contributed by atoms with Gasteiger partial charge in [0.15, 0.2) is 0 Å². The molecular weight excluding hydrogens is 247 g/mol. The summed E-state index contributed by atoms with van der Waals surface area (Å²) in [5.74, 6) is -1.74. The zero-order valence-electron chi connectivity index (χ0n) is 9.40. The third-order valence-electron chi connectivity index (χ3n) is 2.13. The number of halogens is 1. The second kappa shape index (κ2) is 4.42. The molecule has 0 spiro atoms. The molecule has 1 aromatic rings. The van der Waals surface area contributed by atoms with Gasteiger partial charge >= 0.3 is 0 Å². The maximum absolute atomic E-state index is 13.3. The standard InChI is InChI=1S/C10H13FN2O3S/c1-10(2,9(12)14)13-17(15,16)8-6-4-3-5-7(8)11/h3-6,13H,1-2H3,(H2,12,14). The summed E-state index contributed by atoms with van der Waals surface area (Å²) < 4.78 is 39.0. The quantitative estimate of drug-likeness (QED) is 0.819. The molecule has 0 saturated carbocycles. The van der Waals surface area contributed by atoms with Crippen LogP contribution in [0, 0.1) is 5.82 Å². The van der Waals surface area contributed by atoms with Crippen molar-refractivity contribution in [3.63, 3.8) is 0 Å². The van der Waals surface area contributed by atoms with Crippen molar-refractivity contribution in [2.45, 2.75) is 24.3 Å². The maximum Gasteiger partial charge on any atom is 0.244 e. The summed E-state index contributed by atoms with van der Waals surface area (Å²) >= 11 is 0. The highest BCUT2D eigenvalue weighted by Gasteiger charge is 2.32. The number of nitrogens with one attached hydrogen (secondary N) is 1. The molecule has 0 aliphatic heterocycles. The Kier molecular flexibility index (Phi) is 3.53. The van der Waals surface area contributed by atoms with E-state index in [1.807, 2.05) is 4.72 Å². The Labute approximate surface area is 98.9 Å². The molecule has 0 aliphatic rings. The van der Waals surface area contributed by atoms with E-state index in [0.29, 0.717) is 0 Å². The number of hydrogen-bond acceptors (Lipinski definition) is 3. The Morgan fingerprint density at radius 2 is 1.88 bits per heavy atom. The van der Waals surface area contributed by atoms with Gasteiger partial charge in [-0.3, -0.25) is 4.79 Å². The first kappa shape index (κ1) is 13.6. The van der Waals surface area contributed by atoms with Crippen molar-refractivity contribution in [3.05, 3.63) is 30.1 Å². The lowest BCUT2D eigenvalue weighted by Crippen LogP contribution is -2.52. The molecule has 1 amide bonds. The fraction of sp³-hybridized carbons (Fsp3) is 0.300. The first-order valence-electron chi connectivity index (χ1n) is 4.75. The van der Waals surface area contributed by atoms with E-state index in [2.05, 4.69) is 0 Å². The van der Waals surface area contributed by atoms with Crippen LogP contribution in [0.2, 0.25) is 0 Å². The molecule has 0 radical (unpaired) electrons. The molecule has 3 N–H and O–H groups in total. The molecule has 0 aliphatic carbocycles. The Morgan fingerprint density at radius 1 is 1.35 bits per heavy atom. The first-order valence-corrected chi connectivity index (χ1v) is 6.23. The SMILES string of the molecule is CC(C)(NS(=O)(=O)c1ccccc1F)C(N)=O. The fourth-order valence-electron chi connectivity index (χ4n) is 1.10. The van der Waals surface area contributed by atoms with E-state index < -0.39 is 32.2 Å². The molecule has 0 atom stereocenters. The molecule has 17 heavy (non-hydrogen) atoms. The highest BCUT2D eigenvalue weighted by Crippen LogP contribution is 2.16. The second-order valence-corrected chi connectivity index (χ2v) is 5.68. The van der Waals surface area contributed by atoms with Crippen molar-refractivity contribution in [3.8, 4) is 0 Å². The average molecular weight is 260 g/mol. The summed E-state index contributed by atoms with van der Waals surface area (Å²) in [7, 11) is -4.12. The third-order valence-corrected chi connectivity index (χ3v) is 3.82. The molecule has 0 saturated heterocycles. The normalized spacial score (nSPS) is 12.4. The van der Waals surface area contributed by atoms with Gasteiger partial charge in [0, 0.05) is 0 Å². The molecule has 0 fully saturated rings. The summed E-state index contributed by atoms with van der Waals surface area (Å²) in [6.45, 7) is 2.60. The van der Waals surface area contributed by atoms with Gasteiger partial charge in [0.25, 0.3) is 0 Å². The van der Waals surface area contributed by atoms with E-state index in [4.69, 9.17) is 5.73 Å². The molecule has 5 nitrogen and oxygen atoms in total. The average Bonchev–Trinajstić information content (AvgIpc) is 2.16. The van der Waals surface area contributed by atoms with Crippen LogP contribution in [0.1, 0.15) is 13.8 Å². The molecule has 7 heteroatoms. The predicted molar refractivity (Wildman–Crippen MR) is 60.0 cm³/mol. The van der Waals surface area contributed by atoms with E-state index in [1.54, 1.807) is 0 Å². The number of sulfonamides is 1. The minimum absolute atomic E-state index is 0.519. The summed E-state index contributed by atoms with van der Waals surface area (Å²) in [5.41, 5.74) is 3.55. The Bertz CT molecular complexity index is 540. The van der Waals surface area contributed by atoms with Gasteiger partial charge in [-0.1, -0.05) is 12.1 Å². The highest BCUT2D eigenvalue weighted by atomic mass is 32.2. The van der Waals surface area contributed by atoms with Gasteiger partial charge < -0.3 is 5.73 Å². The number of amides is 1. The summed E-state index contributed by atoms with van der Waals surface area (Å²) in [5, 5.41) is 0. The largest absolute Gasteiger partial charge is 0.368 e. The van der Waals surface area contributed by atoms with Gasteiger partial charge in [0.05, 0.1) is 0 Å². The number of primary amides is 1. The van der Waals surface area contributed by atoms with Gasteiger partial charge in [-0.05, 0) is 26.0 Å². The zero-order valence-corrected chi connectivity index (χ0v) is 10.2. The van der Waals surface area contributed by atoms with Crippen LogP contribution < -0.4 is 10.5 Å². The number of hydrogen-bond donors (Lipinski definition) is 2. The van der Waals surface area contributed by atoms with Crippen LogP contribution in [-0.4, -0.2) is 19.9 Å². The van der Waals surface area contributed by atoms with Crippen molar-refractivity contribution < 1.29 is 17.6 Å². The molecule has 1 aromatic carbocycles. The summed E-state index contributed by atoms with van der Waals surface area (Å²) in [4.78, 5) is 10.5. The smallest absolute Gasteiger partial charge is 0.244 e. The molecular formula is C10H13FN2O3S. The lowest BCUT2D eigenvalue weighted by molar-refractivity contribution is -0.122. The van der Waals surface area contributed by atoms with Crippen molar-refractivity contribution in [2.24, 2.45) is 5.73 Å². The van der Waals surface area contributed by atoms with Crippen LogP contribution >= 0.6 is 0 Å². The van der Waals surface area contributed by atoms with Gasteiger partial charge in [0.2, 0.25) is 15.9 Å². The Morgan fingerprint density at radius 3 is 2.35 bits per heavy atom. The summed E-state index contributed by atoms with van der Waals surface area (Å²) in [6, 6.07) is 4.88. The number of benzene rings is 1. The lowest BCUT2D eigenvalue weighted by Gasteiger charge is -2.22. The monoisotopic (exact) mass is 260 g/mol. The minimum Gasteiger partial charge on any atom is -0.368 e. The Hall–Kier alpha value is -1.47. The minimum atomic E-state index is -4.12. The number of rotatable bonds is 4. The summed E-state index contributed by atoms with van der Waals surface area (Å²) in [6.07, 6.45) is 0. The molecule has 0 unspecified atom stereocenters. The molecule has 0 heterocycles. The number of nitrogens with two attached hydrogens (primary N) is 1. The van der Waals surface area contributed by atoms with Crippen LogP contribution in [0.25, 0.3) is 0 Å². The van der Waals surface area contributed by atoms with Crippen molar-refractivity contribution in [2.75, 3.05) is 0 Å². The zero-order chi connectivity index (χ0) is 13.3. The van der Waals surface area contributed by atoms with E-state index in [-0.39, 0.29) is 0 Å². The highest BCUT2D eigenvalue weighted by molar-refractivity contribution is 7.89. The van der Waals surface area contributed by atoms with E-state index >= 15 is 0 Å². The van der Waals surface area contributed by atoms with Crippen LogP contribution in [0.3, 0.4) is 0 Å². The third kappa shape index (κ3) is 3.01. The fourth-order valence-corrected chi connectivity index (χ4v) is 2.57. The Balaban J connectivity index is 3.15. The van der Waals surface area contributed by atoms with Crippen molar-refractivity contribution >= 4 is 15.9 Å². The van der Waals surface area contributed by atoms with Gasteiger partial charge in [-0.25, -0.2) is 12.8 Å². The van der Waals surface area contributed by atoms with E-state index in [9.17, 15) is 17.6 Å². The maximum atomic E-state index is 13.3. The van der Waals surface area contributed by atoms with Crippen LogP contribution in [-0.2, 0) is 14.8 Å². The predicted octanol–water partition coefficient (Wildman–Crippen LogP) is 0.368. The van der Waals surface area contributed by atoms with Crippen LogP contribution in [0.5, 0.6) is 0 Å². The number of carbonyl (C=O) groups is 1. The topological polar surface area (TPSA) is 89.3 Å². The molecule has 0 bridgehead atoms. The molecule has 94 valence electrons. The molecule has 1 rings (SSSR count). The second-order valence-electron chi connectivity index (χ2n) is 4.03. The van der Waals surface area contributed by atoms with Crippen LogP contribution in [0.15, 0.2) is 29.2 Å². The molecule has 0 aromatic heterocycles. The first-order chi connectivity index (χ1) is 7.67. The lowest BCUT2D eigenvalue weighted by atomic mass is 10.1. The van der Waals surface area contributed by atoms with E-state index in [0.717, 1.165) is 12.1 Å². The van der Waals surface area contributed by atoms with Crippen LogP contribution in [0.4, 0.5) is 4.39 Å². The van der Waals surface area contributed by atoms with Crippen molar-refractivity contribution in [1.29, 1.82) is 0 Å². The van der Waals surface area contributed by atoms with Gasteiger partial charge in [0.1, 0.15) is 16.3 Å².